The van der Waals surface area contributed by atoms with Crippen molar-refractivity contribution < 1.29 is 0 Å². The Balaban J connectivity index is 1.24. The maximum absolute atomic E-state index is 2.52. The van der Waals surface area contributed by atoms with Crippen molar-refractivity contribution in [3.8, 4) is 27.9 Å². The highest BCUT2D eigenvalue weighted by Gasteiger charge is 2.25. The van der Waals surface area contributed by atoms with Gasteiger partial charge in [0.2, 0.25) is 0 Å². The lowest BCUT2D eigenvalue weighted by Crippen LogP contribution is -2.12. The molecule has 0 radical (unpaired) electrons. The number of hydrogen-bond acceptors (Lipinski definition) is 2. The SMILES string of the molecule is c1ccc(-c2ccccc2N(c2cccc3c2sc2ccccc23)c2cccc3c2c2ccccc2n3-c2ccccc2-c2cccc3ccccc23)cc1. The van der Waals surface area contributed by atoms with Gasteiger partial charge in [0.05, 0.1) is 38.5 Å². The van der Waals surface area contributed by atoms with Crippen LogP contribution in [0.5, 0.6) is 0 Å². The summed E-state index contributed by atoms with van der Waals surface area (Å²) in [7, 11) is 0. The molecular weight excluding hydrogens is 685 g/mol. The van der Waals surface area contributed by atoms with Crippen molar-refractivity contribution in [1.29, 1.82) is 0 Å². The van der Waals surface area contributed by atoms with E-state index in [1.807, 2.05) is 11.3 Å². The summed E-state index contributed by atoms with van der Waals surface area (Å²) in [5.41, 5.74) is 11.7. The molecule has 0 bridgehead atoms. The lowest BCUT2D eigenvalue weighted by atomic mass is 9.97. The zero-order valence-electron chi connectivity index (χ0n) is 29.9. The Hall–Kier alpha value is -6.94. The fourth-order valence-electron chi connectivity index (χ4n) is 8.63. The Kier molecular flexibility index (Phi) is 7.39. The molecule has 0 aliphatic heterocycles. The number of hydrogen-bond donors (Lipinski definition) is 0. The third kappa shape index (κ3) is 5.01. The highest BCUT2D eigenvalue weighted by Crippen LogP contribution is 2.50. The van der Waals surface area contributed by atoms with Crippen molar-refractivity contribution in [1.82, 2.24) is 4.57 Å². The summed E-state index contributed by atoms with van der Waals surface area (Å²) in [5.74, 6) is 0. The van der Waals surface area contributed by atoms with E-state index in [1.165, 1.54) is 75.2 Å². The molecule has 0 N–H and O–H groups in total. The average Bonchev–Trinajstić information content (AvgIpc) is 3.81. The molecule has 3 heteroatoms. The molecule has 55 heavy (non-hydrogen) atoms. The Morgan fingerprint density at radius 2 is 0.945 bits per heavy atom. The highest BCUT2D eigenvalue weighted by molar-refractivity contribution is 7.26. The summed E-state index contributed by atoms with van der Waals surface area (Å²) >= 11 is 1.87. The van der Waals surface area contributed by atoms with Gasteiger partial charge in [-0.1, -0.05) is 164 Å². The fraction of sp³-hybridized carbons (Fsp3) is 0. The Bertz CT molecular complexity index is 3220. The fourth-order valence-corrected chi connectivity index (χ4v) is 9.84. The van der Waals surface area contributed by atoms with Crippen LogP contribution in [-0.2, 0) is 0 Å². The highest BCUT2D eigenvalue weighted by atomic mass is 32.1. The monoisotopic (exact) mass is 718 g/mol. The van der Waals surface area contributed by atoms with Crippen molar-refractivity contribution in [2.45, 2.75) is 0 Å². The average molecular weight is 719 g/mol. The molecule has 0 atom stereocenters. The lowest BCUT2D eigenvalue weighted by molar-refractivity contribution is 1.18. The van der Waals surface area contributed by atoms with Crippen LogP contribution in [0.4, 0.5) is 17.1 Å². The summed E-state index contributed by atoms with van der Waals surface area (Å²) in [6.07, 6.45) is 0. The summed E-state index contributed by atoms with van der Waals surface area (Å²) < 4.78 is 5.04. The Morgan fingerprint density at radius 3 is 1.85 bits per heavy atom. The minimum Gasteiger partial charge on any atom is -0.309 e. The molecule has 11 rings (SSSR count). The number of benzene rings is 9. The van der Waals surface area contributed by atoms with Crippen LogP contribution in [-0.4, -0.2) is 4.57 Å². The van der Waals surface area contributed by atoms with Gasteiger partial charge in [0.1, 0.15) is 0 Å². The van der Waals surface area contributed by atoms with Crippen LogP contribution in [0.25, 0.3) is 80.7 Å². The second-order valence-corrected chi connectivity index (χ2v) is 15.1. The van der Waals surface area contributed by atoms with Crippen LogP contribution in [0.2, 0.25) is 0 Å². The Labute approximate surface area is 323 Å². The predicted octanol–water partition coefficient (Wildman–Crippen LogP) is 15.1. The maximum atomic E-state index is 2.52. The maximum Gasteiger partial charge on any atom is 0.0640 e. The summed E-state index contributed by atoms with van der Waals surface area (Å²) in [4.78, 5) is 2.52. The van der Waals surface area contributed by atoms with E-state index in [9.17, 15) is 0 Å². The number of fused-ring (bicyclic) bond motifs is 7. The molecule has 0 unspecified atom stereocenters. The second kappa shape index (κ2) is 12.9. The van der Waals surface area contributed by atoms with E-state index in [-0.39, 0.29) is 0 Å². The minimum absolute atomic E-state index is 1.14. The van der Waals surface area contributed by atoms with E-state index in [0.29, 0.717) is 0 Å². The molecule has 11 aromatic rings. The second-order valence-electron chi connectivity index (χ2n) is 14.0. The van der Waals surface area contributed by atoms with Crippen LogP contribution in [0.15, 0.2) is 206 Å². The molecule has 0 fully saturated rings. The number of para-hydroxylation sites is 3. The van der Waals surface area contributed by atoms with E-state index in [1.54, 1.807) is 0 Å². The van der Waals surface area contributed by atoms with Crippen LogP contribution >= 0.6 is 11.3 Å². The zero-order valence-corrected chi connectivity index (χ0v) is 30.7. The van der Waals surface area contributed by atoms with Gasteiger partial charge < -0.3 is 9.47 Å². The molecule has 0 aliphatic rings. The van der Waals surface area contributed by atoms with Crippen LogP contribution < -0.4 is 4.90 Å². The van der Waals surface area contributed by atoms with Gasteiger partial charge in [-0.15, -0.1) is 11.3 Å². The summed E-state index contributed by atoms with van der Waals surface area (Å²) in [6.45, 7) is 0. The first kappa shape index (κ1) is 31.6. The van der Waals surface area contributed by atoms with Crippen LogP contribution in [0, 0.1) is 0 Å². The van der Waals surface area contributed by atoms with Crippen molar-refractivity contribution in [3.63, 3.8) is 0 Å². The first-order valence-electron chi connectivity index (χ1n) is 18.8. The van der Waals surface area contributed by atoms with E-state index in [0.717, 1.165) is 22.6 Å². The van der Waals surface area contributed by atoms with E-state index >= 15 is 0 Å². The molecule has 0 saturated heterocycles. The number of aromatic nitrogens is 1. The van der Waals surface area contributed by atoms with Crippen LogP contribution in [0.3, 0.4) is 0 Å². The van der Waals surface area contributed by atoms with Crippen molar-refractivity contribution in [2.24, 2.45) is 0 Å². The van der Waals surface area contributed by atoms with Gasteiger partial charge in [0.25, 0.3) is 0 Å². The number of thiophene rings is 1. The van der Waals surface area contributed by atoms with E-state index in [2.05, 4.69) is 216 Å². The van der Waals surface area contributed by atoms with Crippen molar-refractivity contribution >= 4 is 81.1 Å². The Morgan fingerprint density at radius 1 is 0.364 bits per heavy atom. The molecule has 2 aromatic heterocycles. The summed E-state index contributed by atoms with van der Waals surface area (Å²) in [6, 6.07) is 75.2. The molecule has 2 nitrogen and oxygen atoms in total. The number of rotatable bonds is 6. The predicted molar refractivity (Wildman–Crippen MR) is 237 cm³/mol. The van der Waals surface area contributed by atoms with Crippen molar-refractivity contribution in [2.75, 3.05) is 4.90 Å². The molecule has 0 amide bonds. The van der Waals surface area contributed by atoms with Gasteiger partial charge in [-0.3, -0.25) is 0 Å². The van der Waals surface area contributed by atoms with Gasteiger partial charge in [-0.2, -0.15) is 0 Å². The van der Waals surface area contributed by atoms with Gasteiger partial charge in [0, 0.05) is 37.4 Å². The summed E-state index contributed by atoms with van der Waals surface area (Å²) in [5, 5.41) is 7.49. The smallest absolute Gasteiger partial charge is 0.0640 e. The number of nitrogens with zero attached hydrogens (tertiary/aromatic N) is 2. The van der Waals surface area contributed by atoms with Gasteiger partial charge in [-0.05, 0) is 64.4 Å². The molecule has 2 heterocycles. The topological polar surface area (TPSA) is 8.17 Å². The largest absolute Gasteiger partial charge is 0.309 e. The van der Waals surface area contributed by atoms with Crippen molar-refractivity contribution in [3.05, 3.63) is 206 Å². The normalized spacial score (nSPS) is 11.6. The number of anilines is 3. The van der Waals surface area contributed by atoms with Gasteiger partial charge in [-0.25, -0.2) is 0 Å². The standard InChI is InChI=1S/C52H34N2S/c1-2-17-36(18-3-1)38-22-6-10-28-44(38)54(49-33-15-27-42-41-24-9-13-34-50(41)55-52(42)49)48-32-16-31-47-51(48)43-25-8-12-30-46(43)53(47)45-29-11-7-23-40(45)39-26-14-20-35-19-4-5-21-37(35)39/h1-34H. The quantitative estimate of drug-likeness (QED) is 0.166. The molecule has 0 aliphatic carbocycles. The first-order chi connectivity index (χ1) is 27.3. The van der Waals surface area contributed by atoms with E-state index in [4.69, 9.17) is 0 Å². The molecular formula is C52H34N2S. The van der Waals surface area contributed by atoms with Gasteiger partial charge >= 0.3 is 0 Å². The molecule has 0 spiro atoms. The van der Waals surface area contributed by atoms with Gasteiger partial charge in [0.15, 0.2) is 0 Å². The zero-order chi connectivity index (χ0) is 36.3. The molecule has 258 valence electrons. The van der Waals surface area contributed by atoms with E-state index < -0.39 is 0 Å². The lowest BCUT2D eigenvalue weighted by Gasteiger charge is -2.29. The third-order valence-corrected chi connectivity index (χ3v) is 12.2. The molecule has 9 aromatic carbocycles. The third-order valence-electron chi connectivity index (χ3n) is 11.0. The molecule has 0 saturated carbocycles. The van der Waals surface area contributed by atoms with Crippen LogP contribution in [0.1, 0.15) is 0 Å². The minimum atomic E-state index is 1.14. The first-order valence-corrected chi connectivity index (χ1v) is 19.6.